The van der Waals surface area contributed by atoms with Crippen LogP contribution in [0.1, 0.15) is 0 Å². The summed E-state index contributed by atoms with van der Waals surface area (Å²) >= 11 is 0. The van der Waals surface area contributed by atoms with Crippen molar-refractivity contribution < 1.29 is 4.42 Å². The average molecular weight is 816 g/mol. The van der Waals surface area contributed by atoms with Gasteiger partial charge in [-0.1, -0.05) is 140 Å². The quantitative estimate of drug-likeness (QED) is 0.170. The third-order valence-corrected chi connectivity index (χ3v) is 13.4. The van der Waals surface area contributed by atoms with E-state index >= 15 is 0 Å². The summed E-state index contributed by atoms with van der Waals surface area (Å²) in [6.45, 7) is 0. The van der Waals surface area contributed by atoms with Crippen LogP contribution in [0.15, 0.2) is 229 Å². The van der Waals surface area contributed by atoms with E-state index in [1.807, 2.05) is 0 Å². The summed E-state index contributed by atoms with van der Waals surface area (Å²) in [6.07, 6.45) is 0. The number of hydrogen-bond donors (Lipinski definition) is 0. The van der Waals surface area contributed by atoms with Crippen LogP contribution >= 0.6 is 0 Å². The largest absolute Gasteiger partial charge is 0.456 e. The number of para-hydroxylation sites is 6. The van der Waals surface area contributed by atoms with Gasteiger partial charge in [0.2, 0.25) is 0 Å². The Morgan fingerprint density at radius 2 is 0.766 bits per heavy atom. The molecule has 0 aliphatic heterocycles. The highest BCUT2D eigenvalue weighted by Gasteiger charge is 2.25. The molecule has 0 N–H and O–H groups in total. The number of benzene rings is 10. The maximum Gasteiger partial charge on any atom is 0.136 e. The number of fused-ring (bicyclic) bond motifs is 13. The molecule has 64 heavy (non-hydrogen) atoms. The minimum atomic E-state index is 0.889. The van der Waals surface area contributed by atoms with Gasteiger partial charge in [-0.2, -0.15) is 0 Å². The highest BCUT2D eigenvalue weighted by atomic mass is 16.3. The van der Waals surface area contributed by atoms with Crippen LogP contribution in [0.4, 0.5) is 0 Å². The molecular weight excluding hydrogens is 779 g/mol. The molecule has 0 bridgehead atoms. The van der Waals surface area contributed by atoms with E-state index in [2.05, 4.69) is 238 Å². The topological polar surface area (TPSA) is 27.9 Å². The van der Waals surface area contributed by atoms with Crippen molar-refractivity contribution in [2.24, 2.45) is 0 Å². The molecule has 4 heterocycles. The molecule has 0 amide bonds. The fourth-order valence-corrected chi connectivity index (χ4v) is 10.9. The molecule has 4 nitrogen and oxygen atoms in total. The molecule has 0 atom stereocenters. The lowest BCUT2D eigenvalue weighted by atomic mass is 9.94. The van der Waals surface area contributed by atoms with Gasteiger partial charge in [0, 0.05) is 60.0 Å². The van der Waals surface area contributed by atoms with Gasteiger partial charge in [-0.05, 0) is 102 Å². The van der Waals surface area contributed by atoms with Crippen molar-refractivity contribution in [1.29, 1.82) is 0 Å². The van der Waals surface area contributed by atoms with Crippen LogP contribution in [0.3, 0.4) is 0 Å². The molecule has 4 heteroatoms. The Morgan fingerprint density at radius 3 is 1.55 bits per heavy atom. The van der Waals surface area contributed by atoms with Crippen molar-refractivity contribution in [3.63, 3.8) is 0 Å². The molecule has 14 rings (SSSR count). The predicted molar refractivity (Wildman–Crippen MR) is 268 cm³/mol. The average Bonchev–Trinajstić information content (AvgIpc) is 4.10. The number of rotatable bonds is 5. The lowest BCUT2D eigenvalue weighted by molar-refractivity contribution is 0.669. The second kappa shape index (κ2) is 13.4. The second-order valence-corrected chi connectivity index (χ2v) is 16.8. The van der Waals surface area contributed by atoms with E-state index in [9.17, 15) is 0 Å². The van der Waals surface area contributed by atoms with Gasteiger partial charge < -0.3 is 18.1 Å². The van der Waals surface area contributed by atoms with Crippen molar-refractivity contribution >= 4 is 87.4 Å². The van der Waals surface area contributed by atoms with Crippen LogP contribution in [-0.4, -0.2) is 13.7 Å². The van der Waals surface area contributed by atoms with Gasteiger partial charge in [-0.15, -0.1) is 0 Å². The van der Waals surface area contributed by atoms with Crippen LogP contribution in [0.25, 0.3) is 127 Å². The van der Waals surface area contributed by atoms with Crippen LogP contribution in [0, 0.1) is 0 Å². The van der Waals surface area contributed by atoms with Crippen molar-refractivity contribution in [2.75, 3.05) is 0 Å². The highest BCUT2D eigenvalue weighted by molar-refractivity contribution is 6.32. The second-order valence-electron chi connectivity index (χ2n) is 16.8. The molecule has 0 spiro atoms. The van der Waals surface area contributed by atoms with Gasteiger partial charge in [0.25, 0.3) is 0 Å². The molecule has 0 unspecified atom stereocenters. The number of hydrogen-bond acceptors (Lipinski definition) is 1. The van der Waals surface area contributed by atoms with Crippen molar-refractivity contribution in [3.8, 4) is 39.3 Å². The monoisotopic (exact) mass is 815 g/mol. The van der Waals surface area contributed by atoms with Gasteiger partial charge in [-0.25, -0.2) is 0 Å². The standard InChI is InChI=1S/C60H37N3O/c1-3-17-39(18-4-1)61-49-28-12-8-22-42(49)47-37-38(33-34-51(47)61)41-21-7-11-27-48(41)63-52-30-15-25-44(43-26-16-32-56-57(43)46-24-10-14-31-55(46)64-56)58(52)60-54(63)36-35-53-59(60)45-23-9-13-29-50(45)62(53)40-19-5-2-6-20-40/h1-37H. The summed E-state index contributed by atoms with van der Waals surface area (Å²) in [6, 6.07) is 81.4. The predicted octanol–water partition coefficient (Wildman–Crippen LogP) is 16.2. The van der Waals surface area contributed by atoms with Crippen LogP contribution in [0.5, 0.6) is 0 Å². The zero-order valence-corrected chi connectivity index (χ0v) is 34.6. The van der Waals surface area contributed by atoms with E-state index in [4.69, 9.17) is 4.42 Å². The van der Waals surface area contributed by atoms with Crippen molar-refractivity contribution in [2.45, 2.75) is 0 Å². The van der Waals surface area contributed by atoms with Gasteiger partial charge in [0.05, 0.1) is 38.8 Å². The van der Waals surface area contributed by atoms with Crippen LogP contribution in [0.2, 0.25) is 0 Å². The lowest BCUT2D eigenvalue weighted by Gasteiger charge is -2.15. The molecule has 10 aromatic carbocycles. The highest BCUT2D eigenvalue weighted by Crippen LogP contribution is 2.48. The lowest BCUT2D eigenvalue weighted by Crippen LogP contribution is -1.97. The van der Waals surface area contributed by atoms with E-state index in [0.717, 1.165) is 55.6 Å². The molecule has 0 fully saturated rings. The third kappa shape index (κ3) is 4.88. The normalized spacial score (nSPS) is 12.1. The summed E-state index contributed by atoms with van der Waals surface area (Å²) in [4.78, 5) is 0. The van der Waals surface area contributed by atoms with E-state index in [-0.39, 0.29) is 0 Å². The van der Waals surface area contributed by atoms with Gasteiger partial charge in [0.15, 0.2) is 0 Å². The summed E-state index contributed by atoms with van der Waals surface area (Å²) in [5.41, 5.74) is 16.9. The maximum absolute atomic E-state index is 6.51. The first kappa shape index (κ1) is 35.0. The minimum absolute atomic E-state index is 0.889. The van der Waals surface area contributed by atoms with Crippen LogP contribution < -0.4 is 0 Å². The van der Waals surface area contributed by atoms with Crippen molar-refractivity contribution in [1.82, 2.24) is 13.7 Å². The minimum Gasteiger partial charge on any atom is -0.456 e. The van der Waals surface area contributed by atoms with E-state index in [1.165, 1.54) is 71.1 Å². The summed E-state index contributed by atoms with van der Waals surface area (Å²) < 4.78 is 13.8. The molecule has 4 aromatic heterocycles. The Labute approximate surface area is 367 Å². The Kier molecular flexibility index (Phi) is 7.36. The molecule has 0 saturated carbocycles. The fraction of sp³-hybridized carbons (Fsp3) is 0. The molecule has 14 aromatic rings. The molecule has 298 valence electrons. The Balaban J connectivity index is 1.11. The maximum atomic E-state index is 6.51. The first-order valence-electron chi connectivity index (χ1n) is 21.9. The molecule has 0 saturated heterocycles. The van der Waals surface area contributed by atoms with Crippen molar-refractivity contribution in [3.05, 3.63) is 224 Å². The third-order valence-electron chi connectivity index (χ3n) is 13.4. The van der Waals surface area contributed by atoms with E-state index in [1.54, 1.807) is 0 Å². The summed E-state index contributed by atoms with van der Waals surface area (Å²) in [5.74, 6) is 0. The van der Waals surface area contributed by atoms with Gasteiger partial charge >= 0.3 is 0 Å². The molecule has 0 radical (unpaired) electrons. The van der Waals surface area contributed by atoms with Gasteiger partial charge in [0.1, 0.15) is 11.2 Å². The first-order chi connectivity index (χ1) is 31.8. The zero-order chi connectivity index (χ0) is 41.9. The van der Waals surface area contributed by atoms with Gasteiger partial charge in [-0.3, -0.25) is 0 Å². The SMILES string of the molecule is c1ccc(-n2c3ccccc3c3cc(-c4ccccc4-n4c5cccc(-c6cccc7oc8ccccc8c67)c5c5c6c7ccccc7n(-c7ccccc7)c6ccc54)ccc32)cc1. The smallest absolute Gasteiger partial charge is 0.136 e. The molecular formula is C60H37N3O. The van der Waals surface area contributed by atoms with Crippen LogP contribution in [-0.2, 0) is 0 Å². The fourth-order valence-electron chi connectivity index (χ4n) is 10.9. The molecule has 0 aliphatic carbocycles. The molecule has 0 aliphatic rings. The Morgan fingerprint density at radius 1 is 0.266 bits per heavy atom. The van der Waals surface area contributed by atoms with E-state index in [0.29, 0.717) is 0 Å². The Hall–Kier alpha value is -8.60. The zero-order valence-electron chi connectivity index (χ0n) is 34.6. The number of furan rings is 1. The summed E-state index contributed by atoms with van der Waals surface area (Å²) in [5, 5.41) is 9.63. The van der Waals surface area contributed by atoms with E-state index < -0.39 is 0 Å². The Bertz CT molecular complexity index is 4180. The number of aromatic nitrogens is 3. The number of nitrogens with zero attached hydrogens (tertiary/aromatic N) is 3. The summed E-state index contributed by atoms with van der Waals surface area (Å²) in [7, 11) is 0. The first-order valence-corrected chi connectivity index (χ1v) is 21.9.